The van der Waals surface area contributed by atoms with E-state index < -0.39 is 0 Å². The molecule has 4 rings (SSSR count). The molecule has 0 saturated carbocycles. The van der Waals surface area contributed by atoms with E-state index in [1.165, 1.54) is 29.2 Å². The van der Waals surface area contributed by atoms with E-state index in [9.17, 15) is 14.9 Å². The number of benzene rings is 3. The summed E-state index contributed by atoms with van der Waals surface area (Å²) in [6, 6.07) is 23.6. The number of hydrogen-bond donors (Lipinski definition) is 2. The Morgan fingerprint density at radius 2 is 1.77 bits per heavy atom. The molecule has 174 valence electrons. The summed E-state index contributed by atoms with van der Waals surface area (Å²) in [7, 11) is 0. The summed E-state index contributed by atoms with van der Waals surface area (Å²) in [5.74, 6) is -0.443. The van der Waals surface area contributed by atoms with Gasteiger partial charge >= 0.3 is 0 Å². The summed E-state index contributed by atoms with van der Waals surface area (Å²) < 4.78 is 0. The van der Waals surface area contributed by atoms with Gasteiger partial charge in [0.25, 0.3) is 5.91 Å². The standard InChI is InChI=1S/C26H17Cl2N3O2S2/c27-17-9-10-20(23(28)11-17)25(33)30-18-7-4-8-19(12-18)34-15-24(32)31-26-21(13-29)22(14-35-26)16-5-2-1-3-6-16/h1-12,14H,15H2,(H,30,33)(H,31,32). The number of carbonyl (C=O) groups excluding carboxylic acids is 2. The van der Waals surface area contributed by atoms with Crippen molar-refractivity contribution in [1.29, 1.82) is 5.26 Å². The molecule has 4 aromatic rings. The summed E-state index contributed by atoms with van der Waals surface area (Å²) in [5.41, 5.74) is 3.06. The van der Waals surface area contributed by atoms with Gasteiger partial charge in [-0.3, -0.25) is 9.59 Å². The zero-order valence-corrected chi connectivity index (χ0v) is 21.2. The van der Waals surface area contributed by atoms with Crippen LogP contribution in [-0.4, -0.2) is 17.6 Å². The number of thioether (sulfide) groups is 1. The van der Waals surface area contributed by atoms with Gasteiger partial charge in [-0.15, -0.1) is 23.1 Å². The van der Waals surface area contributed by atoms with Crippen molar-refractivity contribution >= 4 is 68.8 Å². The molecule has 0 aliphatic heterocycles. The number of nitriles is 1. The number of nitrogens with one attached hydrogen (secondary N) is 2. The van der Waals surface area contributed by atoms with Gasteiger partial charge in [-0.05, 0) is 42.0 Å². The minimum absolute atomic E-state index is 0.143. The first-order chi connectivity index (χ1) is 16.9. The van der Waals surface area contributed by atoms with Gasteiger partial charge in [0.05, 0.1) is 21.9 Å². The molecule has 0 aliphatic carbocycles. The molecule has 35 heavy (non-hydrogen) atoms. The van der Waals surface area contributed by atoms with Crippen molar-refractivity contribution in [2.24, 2.45) is 0 Å². The summed E-state index contributed by atoms with van der Waals surface area (Å²) in [5, 5.41) is 18.4. The molecule has 0 unspecified atom stereocenters. The Labute approximate surface area is 220 Å². The fraction of sp³-hybridized carbons (Fsp3) is 0.0385. The lowest BCUT2D eigenvalue weighted by Crippen LogP contribution is -2.14. The molecule has 0 radical (unpaired) electrons. The molecule has 2 N–H and O–H groups in total. The Balaban J connectivity index is 1.38. The highest BCUT2D eigenvalue weighted by Crippen LogP contribution is 2.35. The highest BCUT2D eigenvalue weighted by atomic mass is 35.5. The van der Waals surface area contributed by atoms with E-state index in [0.29, 0.717) is 26.8 Å². The van der Waals surface area contributed by atoms with Crippen LogP contribution in [0.3, 0.4) is 0 Å². The van der Waals surface area contributed by atoms with Gasteiger partial charge in [-0.25, -0.2) is 0 Å². The van der Waals surface area contributed by atoms with Gasteiger partial charge in [0.15, 0.2) is 0 Å². The Morgan fingerprint density at radius 1 is 0.971 bits per heavy atom. The van der Waals surface area contributed by atoms with E-state index in [-0.39, 0.29) is 22.6 Å². The van der Waals surface area contributed by atoms with E-state index in [1.54, 1.807) is 30.3 Å². The number of amides is 2. The quantitative estimate of drug-likeness (QED) is 0.238. The first-order valence-electron chi connectivity index (χ1n) is 10.3. The SMILES string of the molecule is N#Cc1c(-c2ccccc2)csc1NC(=O)CSc1cccc(NC(=O)c2ccc(Cl)cc2Cl)c1. The monoisotopic (exact) mass is 537 g/mol. The molecule has 3 aromatic carbocycles. The third-order valence-electron chi connectivity index (χ3n) is 4.88. The summed E-state index contributed by atoms with van der Waals surface area (Å²) >= 11 is 14.7. The lowest BCUT2D eigenvalue weighted by molar-refractivity contribution is -0.113. The molecule has 0 atom stereocenters. The van der Waals surface area contributed by atoms with E-state index in [4.69, 9.17) is 23.2 Å². The molecular weight excluding hydrogens is 521 g/mol. The van der Waals surface area contributed by atoms with Crippen LogP contribution >= 0.6 is 46.3 Å². The van der Waals surface area contributed by atoms with Crippen molar-refractivity contribution in [3.05, 3.63) is 99.3 Å². The summed E-state index contributed by atoms with van der Waals surface area (Å²) in [6.45, 7) is 0. The topological polar surface area (TPSA) is 82.0 Å². The van der Waals surface area contributed by atoms with Crippen LogP contribution in [0.1, 0.15) is 15.9 Å². The first-order valence-corrected chi connectivity index (χ1v) is 12.9. The number of anilines is 2. The number of thiophene rings is 1. The Hall–Kier alpha value is -3.28. The number of carbonyl (C=O) groups is 2. The first kappa shape index (κ1) is 24.8. The van der Waals surface area contributed by atoms with Crippen molar-refractivity contribution in [2.45, 2.75) is 4.90 Å². The van der Waals surface area contributed by atoms with Crippen LogP contribution in [0.4, 0.5) is 10.7 Å². The second kappa shape index (κ2) is 11.4. The van der Waals surface area contributed by atoms with Crippen molar-refractivity contribution in [3.8, 4) is 17.2 Å². The van der Waals surface area contributed by atoms with Crippen LogP contribution in [-0.2, 0) is 4.79 Å². The van der Waals surface area contributed by atoms with Gasteiger partial charge in [-0.2, -0.15) is 5.26 Å². The fourth-order valence-corrected chi connectivity index (χ4v) is 5.42. The zero-order valence-electron chi connectivity index (χ0n) is 18.0. The minimum atomic E-state index is -0.359. The summed E-state index contributed by atoms with van der Waals surface area (Å²) in [6.07, 6.45) is 0. The van der Waals surface area contributed by atoms with Crippen molar-refractivity contribution in [2.75, 3.05) is 16.4 Å². The number of nitrogens with zero attached hydrogens (tertiary/aromatic N) is 1. The number of hydrogen-bond acceptors (Lipinski definition) is 5. The predicted octanol–water partition coefficient (Wildman–Crippen LogP) is 7.58. The Kier molecular flexibility index (Phi) is 8.11. The van der Waals surface area contributed by atoms with E-state index in [1.807, 2.05) is 41.8 Å². The van der Waals surface area contributed by atoms with Crippen LogP contribution in [0.2, 0.25) is 10.0 Å². The molecule has 5 nitrogen and oxygen atoms in total. The molecule has 2 amide bonds. The van der Waals surface area contributed by atoms with E-state index in [0.717, 1.165) is 16.0 Å². The second-order valence-corrected chi connectivity index (χ2v) is 10.0. The molecule has 0 saturated heterocycles. The molecule has 9 heteroatoms. The Bertz CT molecular complexity index is 1430. The summed E-state index contributed by atoms with van der Waals surface area (Å²) in [4.78, 5) is 25.9. The van der Waals surface area contributed by atoms with E-state index in [2.05, 4.69) is 16.7 Å². The average molecular weight is 538 g/mol. The van der Waals surface area contributed by atoms with Gasteiger partial charge in [0.2, 0.25) is 5.91 Å². The molecule has 1 heterocycles. The maximum atomic E-state index is 12.6. The smallest absolute Gasteiger partial charge is 0.257 e. The minimum Gasteiger partial charge on any atom is -0.322 e. The lowest BCUT2D eigenvalue weighted by atomic mass is 10.1. The van der Waals surface area contributed by atoms with E-state index >= 15 is 0 Å². The number of halogens is 2. The lowest BCUT2D eigenvalue weighted by Gasteiger charge is -2.09. The normalized spacial score (nSPS) is 10.4. The molecule has 0 fully saturated rings. The third kappa shape index (κ3) is 6.24. The average Bonchev–Trinajstić information content (AvgIpc) is 3.25. The molecule has 0 bridgehead atoms. The van der Waals surface area contributed by atoms with Gasteiger partial charge in [0, 0.05) is 26.5 Å². The zero-order chi connectivity index (χ0) is 24.8. The van der Waals surface area contributed by atoms with Gasteiger partial charge in [-0.1, -0.05) is 59.6 Å². The van der Waals surface area contributed by atoms with Crippen LogP contribution in [0.15, 0.2) is 83.1 Å². The van der Waals surface area contributed by atoms with Crippen molar-refractivity contribution in [3.63, 3.8) is 0 Å². The van der Waals surface area contributed by atoms with Crippen molar-refractivity contribution in [1.82, 2.24) is 0 Å². The van der Waals surface area contributed by atoms with Crippen LogP contribution < -0.4 is 10.6 Å². The third-order valence-corrected chi connectivity index (χ3v) is 7.32. The highest BCUT2D eigenvalue weighted by Gasteiger charge is 2.16. The fourth-order valence-electron chi connectivity index (χ4n) is 3.24. The predicted molar refractivity (Wildman–Crippen MR) is 145 cm³/mol. The highest BCUT2D eigenvalue weighted by molar-refractivity contribution is 8.00. The molecule has 0 spiro atoms. The molecule has 0 aliphatic rings. The second-order valence-electron chi connectivity index (χ2n) is 7.27. The maximum absolute atomic E-state index is 12.6. The Morgan fingerprint density at radius 3 is 2.51 bits per heavy atom. The van der Waals surface area contributed by atoms with Crippen LogP contribution in [0.5, 0.6) is 0 Å². The van der Waals surface area contributed by atoms with Crippen LogP contribution in [0, 0.1) is 11.3 Å². The van der Waals surface area contributed by atoms with Gasteiger partial charge in [0.1, 0.15) is 11.1 Å². The van der Waals surface area contributed by atoms with Gasteiger partial charge < -0.3 is 10.6 Å². The maximum Gasteiger partial charge on any atom is 0.257 e. The van der Waals surface area contributed by atoms with Crippen LogP contribution in [0.25, 0.3) is 11.1 Å². The number of rotatable bonds is 7. The van der Waals surface area contributed by atoms with Crippen molar-refractivity contribution < 1.29 is 9.59 Å². The molecule has 1 aromatic heterocycles. The largest absolute Gasteiger partial charge is 0.322 e. The molecular formula is C26H17Cl2N3O2S2.